The lowest BCUT2D eigenvalue weighted by atomic mass is 9.78. The van der Waals surface area contributed by atoms with Gasteiger partial charge in [0.2, 0.25) is 0 Å². The second-order valence-electron chi connectivity index (χ2n) is 7.66. The molecule has 0 N–H and O–H groups in total. The van der Waals surface area contributed by atoms with Crippen LogP contribution in [0.25, 0.3) is 0 Å². The number of nitrogens with zero attached hydrogens (tertiary/aromatic N) is 1. The Kier molecular flexibility index (Phi) is 3.67. The molecule has 0 radical (unpaired) electrons. The zero-order chi connectivity index (χ0) is 20.1. The van der Waals surface area contributed by atoms with Gasteiger partial charge >= 0.3 is 0 Å². The molecule has 2 aliphatic heterocycles. The van der Waals surface area contributed by atoms with Crippen LogP contribution in [0, 0.1) is 0 Å². The van der Waals surface area contributed by atoms with Gasteiger partial charge in [-0.05, 0) is 23.3 Å². The van der Waals surface area contributed by atoms with Crippen molar-refractivity contribution in [2.45, 2.75) is 11.8 Å². The zero-order valence-corrected chi connectivity index (χ0v) is 16.2. The number of hydrogen-bond acceptors (Lipinski definition) is 2. The van der Waals surface area contributed by atoms with Gasteiger partial charge in [0.25, 0.3) is 5.91 Å². The first-order valence-corrected chi connectivity index (χ1v) is 10.1. The summed E-state index contributed by atoms with van der Waals surface area (Å²) in [5.74, 6) is -0.0160. The van der Waals surface area contributed by atoms with Crippen LogP contribution in [-0.4, -0.2) is 5.91 Å². The number of hydrogen-bond donors (Lipinski definition) is 0. The Morgan fingerprint density at radius 1 is 0.667 bits per heavy atom. The maximum atomic E-state index is 13.3. The third-order valence-corrected chi connectivity index (χ3v) is 6.10. The van der Waals surface area contributed by atoms with Crippen LogP contribution in [0.5, 0.6) is 0 Å². The molecule has 0 aromatic heterocycles. The van der Waals surface area contributed by atoms with Crippen LogP contribution in [0.4, 0.5) is 5.69 Å². The summed E-state index contributed by atoms with van der Waals surface area (Å²) in [6.07, 6.45) is -0.482. The molecule has 1 amide bonds. The van der Waals surface area contributed by atoms with Gasteiger partial charge in [-0.2, -0.15) is 0 Å². The summed E-state index contributed by atoms with van der Waals surface area (Å²) in [5.41, 5.74) is 4.74. The van der Waals surface area contributed by atoms with Crippen molar-refractivity contribution in [3.63, 3.8) is 0 Å². The molecule has 1 atom stereocenters. The molecule has 3 heteroatoms. The Morgan fingerprint density at radius 2 is 1.23 bits per heavy atom. The molecule has 0 fully saturated rings. The molecule has 0 spiro atoms. The van der Waals surface area contributed by atoms with Crippen molar-refractivity contribution in [1.82, 2.24) is 0 Å². The van der Waals surface area contributed by atoms with Crippen molar-refractivity contribution < 1.29 is 9.53 Å². The number of carbonyl (C=O) groups excluding carboxylic acids is 1. The van der Waals surface area contributed by atoms with E-state index in [1.807, 2.05) is 78.9 Å². The standard InChI is InChI=1S/C27H19NO2/c29-25-21-15-7-8-16-22(21)26-28(25)24-18-10-9-17-23(24)27(30-26,19-11-3-1-4-12-19)20-13-5-2-6-14-20/h1-18,26H. The molecule has 0 saturated carbocycles. The summed E-state index contributed by atoms with van der Waals surface area (Å²) in [4.78, 5) is 15.1. The first-order valence-electron chi connectivity index (χ1n) is 10.1. The maximum Gasteiger partial charge on any atom is 0.261 e. The molecule has 2 heterocycles. The summed E-state index contributed by atoms with van der Waals surface area (Å²) in [6, 6.07) is 36.4. The summed E-state index contributed by atoms with van der Waals surface area (Å²) in [6.45, 7) is 0. The van der Waals surface area contributed by atoms with Crippen molar-refractivity contribution in [3.8, 4) is 0 Å². The predicted octanol–water partition coefficient (Wildman–Crippen LogP) is 5.67. The first kappa shape index (κ1) is 17.2. The molecule has 30 heavy (non-hydrogen) atoms. The average molecular weight is 389 g/mol. The lowest BCUT2D eigenvalue weighted by Gasteiger charge is -2.46. The van der Waals surface area contributed by atoms with Crippen LogP contribution in [0.3, 0.4) is 0 Å². The van der Waals surface area contributed by atoms with Crippen LogP contribution in [0.15, 0.2) is 109 Å². The second-order valence-corrected chi connectivity index (χ2v) is 7.66. The first-order chi connectivity index (χ1) is 14.8. The topological polar surface area (TPSA) is 29.5 Å². The van der Waals surface area contributed by atoms with Crippen molar-refractivity contribution in [2.24, 2.45) is 0 Å². The molecule has 1 unspecified atom stereocenters. The summed E-state index contributed by atoms with van der Waals surface area (Å²) in [7, 11) is 0. The molecule has 6 rings (SSSR count). The third kappa shape index (κ3) is 2.21. The lowest BCUT2D eigenvalue weighted by molar-refractivity contribution is -0.0539. The fourth-order valence-corrected chi connectivity index (χ4v) is 4.81. The van der Waals surface area contributed by atoms with Crippen molar-refractivity contribution >= 4 is 11.6 Å². The minimum absolute atomic E-state index is 0.0160. The Labute approximate surface area is 175 Å². The smallest absolute Gasteiger partial charge is 0.261 e. The number of para-hydroxylation sites is 1. The largest absolute Gasteiger partial charge is 0.333 e. The van der Waals surface area contributed by atoms with Gasteiger partial charge in [-0.25, -0.2) is 0 Å². The summed E-state index contributed by atoms with van der Waals surface area (Å²) >= 11 is 0. The summed E-state index contributed by atoms with van der Waals surface area (Å²) < 4.78 is 7.00. The molecule has 0 bridgehead atoms. The van der Waals surface area contributed by atoms with E-state index in [-0.39, 0.29) is 5.91 Å². The van der Waals surface area contributed by atoms with Gasteiger partial charge in [0.1, 0.15) is 5.60 Å². The Hall–Kier alpha value is -3.69. The minimum Gasteiger partial charge on any atom is -0.333 e. The van der Waals surface area contributed by atoms with Crippen molar-refractivity contribution in [2.75, 3.05) is 4.90 Å². The lowest BCUT2D eigenvalue weighted by Crippen LogP contribution is -2.45. The van der Waals surface area contributed by atoms with Crippen molar-refractivity contribution in [3.05, 3.63) is 137 Å². The molecular weight excluding hydrogens is 370 g/mol. The monoisotopic (exact) mass is 389 g/mol. The van der Waals surface area contributed by atoms with Gasteiger partial charge in [-0.1, -0.05) is 97.1 Å². The van der Waals surface area contributed by atoms with E-state index in [1.165, 1.54) is 0 Å². The fourth-order valence-electron chi connectivity index (χ4n) is 4.81. The average Bonchev–Trinajstić information content (AvgIpc) is 3.11. The molecular formula is C27H19NO2. The zero-order valence-electron chi connectivity index (χ0n) is 16.2. The van der Waals surface area contributed by atoms with Crippen LogP contribution in [0.1, 0.15) is 38.8 Å². The SMILES string of the molecule is O=C1c2ccccc2C2OC(c3ccccc3)(c3ccccc3)c3ccccc3N12. The second kappa shape index (κ2) is 6.41. The number of anilines is 1. The van der Waals surface area contributed by atoms with Gasteiger partial charge in [0, 0.05) is 16.7 Å². The van der Waals surface area contributed by atoms with Crippen LogP contribution < -0.4 is 4.90 Å². The van der Waals surface area contributed by atoms with E-state index >= 15 is 0 Å². The van der Waals surface area contributed by atoms with E-state index in [1.54, 1.807) is 4.90 Å². The van der Waals surface area contributed by atoms with E-state index in [9.17, 15) is 4.79 Å². The predicted molar refractivity (Wildman–Crippen MR) is 116 cm³/mol. The van der Waals surface area contributed by atoms with Gasteiger partial charge in [-0.3, -0.25) is 9.69 Å². The normalized spacial score (nSPS) is 18.5. The number of amides is 1. The Bertz CT molecular complexity index is 1210. The number of fused-ring (bicyclic) bond motifs is 5. The van der Waals surface area contributed by atoms with Crippen LogP contribution in [-0.2, 0) is 10.3 Å². The van der Waals surface area contributed by atoms with E-state index in [0.29, 0.717) is 5.56 Å². The molecule has 144 valence electrons. The minimum atomic E-state index is -0.821. The Morgan fingerprint density at radius 3 is 1.93 bits per heavy atom. The highest BCUT2D eigenvalue weighted by atomic mass is 16.5. The molecule has 2 aliphatic rings. The maximum absolute atomic E-state index is 13.3. The van der Waals surface area contributed by atoms with E-state index in [2.05, 4.69) is 30.3 Å². The molecule has 0 aliphatic carbocycles. The van der Waals surface area contributed by atoms with Crippen LogP contribution >= 0.6 is 0 Å². The fraction of sp³-hybridized carbons (Fsp3) is 0.0741. The number of ether oxygens (including phenoxy) is 1. The highest BCUT2D eigenvalue weighted by Gasteiger charge is 2.52. The number of carbonyl (C=O) groups is 1. The van der Waals surface area contributed by atoms with Crippen LogP contribution in [0.2, 0.25) is 0 Å². The molecule has 0 saturated heterocycles. The van der Waals surface area contributed by atoms with E-state index < -0.39 is 11.8 Å². The van der Waals surface area contributed by atoms with Gasteiger partial charge in [-0.15, -0.1) is 0 Å². The molecule has 4 aromatic carbocycles. The van der Waals surface area contributed by atoms with E-state index in [0.717, 1.165) is 27.9 Å². The Balaban J connectivity index is 1.70. The molecule has 4 aromatic rings. The van der Waals surface area contributed by atoms with Gasteiger partial charge < -0.3 is 4.74 Å². The third-order valence-electron chi connectivity index (χ3n) is 6.10. The highest BCUT2D eigenvalue weighted by Crippen LogP contribution is 2.55. The quantitative estimate of drug-likeness (QED) is 0.442. The van der Waals surface area contributed by atoms with E-state index in [4.69, 9.17) is 4.74 Å². The van der Waals surface area contributed by atoms with Crippen molar-refractivity contribution in [1.29, 1.82) is 0 Å². The highest BCUT2D eigenvalue weighted by molar-refractivity contribution is 6.11. The number of rotatable bonds is 2. The van der Waals surface area contributed by atoms with Gasteiger partial charge in [0.05, 0.1) is 5.69 Å². The number of benzene rings is 4. The summed E-state index contributed by atoms with van der Waals surface area (Å²) in [5, 5.41) is 0. The molecule has 3 nitrogen and oxygen atoms in total. The van der Waals surface area contributed by atoms with Gasteiger partial charge in [0.15, 0.2) is 6.23 Å².